The van der Waals surface area contributed by atoms with Crippen LogP contribution < -0.4 is 5.32 Å². The lowest BCUT2D eigenvalue weighted by Crippen LogP contribution is -2.30. The second-order valence-corrected chi connectivity index (χ2v) is 9.14. The summed E-state index contributed by atoms with van der Waals surface area (Å²) in [7, 11) is -3.62. The van der Waals surface area contributed by atoms with Crippen molar-refractivity contribution in [2.45, 2.75) is 41.1 Å². The lowest BCUT2D eigenvalue weighted by atomic mass is 9.99. The number of sulfone groups is 1. The zero-order chi connectivity index (χ0) is 17.2. The van der Waals surface area contributed by atoms with Gasteiger partial charge in [-0.1, -0.05) is 17.7 Å². The van der Waals surface area contributed by atoms with E-state index in [0.29, 0.717) is 22.7 Å². The lowest BCUT2D eigenvalue weighted by Gasteiger charge is -2.20. The molecule has 2 unspecified atom stereocenters. The Bertz CT molecular complexity index is 1110. The van der Waals surface area contributed by atoms with Gasteiger partial charge in [0.05, 0.1) is 9.79 Å². The first-order valence-electron chi connectivity index (χ1n) is 8.34. The minimum Gasteiger partial charge on any atom is -0.461 e. The molecule has 0 radical (unpaired) electrons. The van der Waals surface area contributed by atoms with Crippen LogP contribution in [0.15, 0.2) is 56.7 Å². The van der Waals surface area contributed by atoms with Crippen LogP contribution >= 0.6 is 24.0 Å². The van der Waals surface area contributed by atoms with Gasteiger partial charge in [0.25, 0.3) is 0 Å². The van der Waals surface area contributed by atoms with Crippen molar-refractivity contribution in [1.82, 2.24) is 5.32 Å². The Balaban J connectivity index is 0.00000168. The summed E-state index contributed by atoms with van der Waals surface area (Å²) in [6, 6.07) is 12.3. The van der Waals surface area contributed by atoms with Gasteiger partial charge in [-0.15, -0.1) is 12.4 Å². The van der Waals surface area contributed by atoms with Gasteiger partial charge in [-0.2, -0.15) is 0 Å². The first-order valence-corrected chi connectivity index (χ1v) is 10.2. The van der Waals surface area contributed by atoms with Crippen LogP contribution in [-0.2, 0) is 16.3 Å². The standard InChI is InChI=1S/C19H16ClNO3S.ClH/c20-11-2-1-3-13(8-11)25(22,23)14-5-6-15-17(10-14)24-18-9-12-4-7-16(21-12)19(15)18;/h1-3,5-6,8,10,12,16,21H,4,7,9H2;1H. The monoisotopic (exact) mass is 409 g/mol. The molecule has 0 aliphatic carbocycles. The minimum absolute atomic E-state index is 0. The molecule has 136 valence electrons. The summed E-state index contributed by atoms with van der Waals surface area (Å²) >= 11 is 5.95. The Labute approximate surface area is 162 Å². The van der Waals surface area contributed by atoms with Crippen molar-refractivity contribution in [1.29, 1.82) is 0 Å². The molecule has 2 aromatic carbocycles. The molecule has 3 heterocycles. The second-order valence-electron chi connectivity index (χ2n) is 6.76. The van der Waals surface area contributed by atoms with Crippen LogP contribution in [0.4, 0.5) is 0 Å². The Morgan fingerprint density at radius 1 is 1.08 bits per heavy atom. The summed E-state index contributed by atoms with van der Waals surface area (Å²) in [6.45, 7) is 0. The van der Waals surface area contributed by atoms with E-state index in [-0.39, 0.29) is 22.2 Å². The van der Waals surface area contributed by atoms with Crippen molar-refractivity contribution in [2.24, 2.45) is 0 Å². The van der Waals surface area contributed by atoms with Gasteiger partial charge in [0.1, 0.15) is 11.3 Å². The van der Waals surface area contributed by atoms with Crippen molar-refractivity contribution in [3.8, 4) is 0 Å². The topological polar surface area (TPSA) is 59.3 Å². The van der Waals surface area contributed by atoms with Crippen molar-refractivity contribution in [2.75, 3.05) is 0 Å². The average Bonchev–Trinajstić information content (AvgIpc) is 3.15. The summed E-state index contributed by atoms with van der Waals surface area (Å²) in [5, 5.41) is 5.02. The smallest absolute Gasteiger partial charge is 0.206 e. The van der Waals surface area contributed by atoms with E-state index in [1.54, 1.807) is 30.3 Å². The van der Waals surface area contributed by atoms with Crippen LogP contribution in [0.25, 0.3) is 11.0 Å². The highest BCUT2D eigenvalue weighted by atomic mass is 35.5. The maximum atomic E-state index is 12.9. The fourth-order valence-corrected chi connectivity index (χ4v) is 5.63. The average molecular weight is 410 g/mol. The predicted octanol–water partition coefficient (Wildman–Crippen LogP) is 4.69. The molecule has 0 saturated carbocycles. The van der Waals surface area contributed by atoms with E-state index < -0.39 is 9.84 Å². The molecule has 26 heavy (non-hydrogen) atoms. The van der Waals surface area contributed by atoms with Crippen LogP contribution in [0.3, 0.4) is 0 Å². The third-order valence-corrected chi connectivity index (χ3v) is 7.20. The van der Waals surface area contributed by atoms with Crippen molar-refractivity contribution >= 4 is 44.8 Å². The SMILES string of the molecule is Cl.O=S(=O)(c1cccc(Cl)c1)c1ccc2c3c(oc2c1)CC1CCC3N1. The van der Waals surface area contributed by atoms with Gasteiger partial charge >= 0.3 is 0 Å². The molecule has 2 atom stereocenters. The number of hydrogen-bond donors (Lipinski definition) is 1. The fraction of sp³-hybridized carbons (Fsp3) is 0.263. The molecule has 3 aromatic rings. The van der Waals surface area contributed by atoms with Crippen molar-refractivity contribution in [3.63, 3.8) is 0 Å². The van der Waals surface area contributed by atoms with Crippen LogP contribution in [-0.4, -0.2) is 14.5 Å². The highest BCUT2D eigenvalue weighted by Gasteiger charge is 2.36. The quantitative estimate of drug-likeness (QED) is 0.666. The number of halogens is 2. The first-order chi connectivity index (χ1) is 12.0. The molecule has 5 rings (SSSR count). The van der Waals surface area contributed by atoms with E-state index in [2.05, 4.69) is 5.32 Å². The zero-order valence-electron chi connectivity index (χ0n) is 13.7. The molecule has 1 fully saturated rings. The molecule has 2 aliphatic rings. The van der Waals surface area contributed by atoms with Gasteiger partial charge in [0.2, 0.25) is 9.84 Å². The van der Waals surface area contributed by atoms with Gasteiger partial charge in [-0.25, -0.2) is 8.42 Å². The predicted molar refractivity (Wildman–Crippen MR) is 103 cm³/mol. The highest BCUT2D eigenvalue weighted by molar-refractivity contribution is 7.91. The summed E-state index contributed by atoms with van der Waals surface area (Å²) in [5.74, 6) is 0.999. The fourth-order valence-electron chi connectivity index (χ4n) is 4.05. The van der Waals surface area contributed by atoms with Crippen LogP contribution in [0.2, 0.25) is 5.02 Å². The zero-order valence-corrected chi connectivity index (χ0v) is 16.1. The Morgan fingerprint density at radius 3 is 2.69 bits per heavy atom. The normalized spacial score (nSPS) is 21.4. The molecular formula is C19H17Cl2NO3S. The van der Waals surface area contributed by atoms with Gasteiger partial charge < -0.3 is 9.73 Å². The van der Waals surface area contributed by atoms with Crippen molar-refractivity contribution in [3.05, 3.63) is 58.8 Å². The van der Waals surface area contributed by atoms with Crippen LogP contribution in [0.5, 0.6) is 0 Å². The molecule has 1 saturated heterocycles. The summed E-state index contributed by atoms with van der Waals surface area (Å²) < 4.78 is 31.8. The maximum Gasteiger partial charge on any atom is 0.206 e. The van der Waals surface area contributed by atoms with Gasteiger partial charge in [0.15, 0.2) is 0 Å². The Hall–Kier alpha value is -1.53. The van der Waals surface area contributed by atoms with Gasteiger partial charge in [-0.05, 0) is 43.2 Å². The molecule has 0 amide bonds. The first kappa shape index (κ1) is 17.9. The summed E-state index contributed by atoms with van der Waals surface area (Å²) in [5.41, 5.74) is 1.85. The molecule has 2 aliphatic heterocycles. The number of furan rings is 1. The molecule has 2 bridgehead atoms. The van der Waals surface area contributed by atoms with Gasteiger partial charge in [0, 0.05) is 40.5 Å². The Morgan fingerprint density at radius 2 is 1.88 bits per heavy atom. The number of hydrogen-bond acceptors (Lipinski definition) is 4. The Kier molecular flexibility index (Phi) is 4.31. The number of fused-ring (bicyclic) bond motifs is 6. The lowest BCUT2D eigenvalue weighted by molar-refractivity contribution is 0.441. The maximum absolute atomic E-state index is 12.9. The van der Waals surface area contributed by atoms with Crippen molar-refractivity contribution < 1.29 is 12.8 Å². The molecular weight excluding hydrogens is 393 g/mol. The molecule has 1 N–H and O–H groups in total. The minimum atomic E-state index is -3.62. The van der Waals surface area contributed by atoms with Gasteiger partial charge in [-0.3, -0.25) is 0 Å². The van der Waals surface area contributed by atoms with E-state index in [4.69, 9.17) is 16.0 Å². The number of nitrogens with one attached hydrogen (secondary N) is 1. The number of rotatable bonds is 2. The molecule has 0 spiro atoms. The largest absolute Gasteiger partial charge is 0.461 e. The van der Waals surface area contributed by atoms with Crippen LogP contribution in [0.1, 0.15) is 30.2 Å². The molecule has 1 aromatic heterocycles. The summed E-state index contributed by atoms with van der Waals surface area (Å²) in [4.78, 5) is 0.419. The van der Waals surface area contributed by atoms with E-state index in [1.165, 1.54) is 11.6 Å². The van der Waals surface area contributed by atoms with E-state index in [1.807, 2.05) is 6.07 Å². The van der Waals surface area contributed by atoms with E-state index >= 15 is 0 Å². The third kappa shape index (κ3) is 2.65. The highest BCUT2D eigenvalue weighted by Crippen LogP contribution is 2.42. The van der Waals surface area contributed by atoms with E-state index in [0.717, 1.165) is 30.4 Å². The second kappa shape index (κ2) is 6.27. The van der Waals surface area contributed by atoms with E-state index in [9.17, 15) is 8.42 Å². The summed E-state index contributed by atoms with van der Waals surface area (Å²) in [6.07, 6.45) is 3.14. The molecule has 7 heteroatoms. The van der Waals surface area contributed by atoms with Crippen LogP contribution in [0, 0.1) is 0 Å². The number of benzene rings is 2. The third-order valence-electron chi connectivity index (χ3n) is 5.21. The molecule has 4 nitrogen and oxygen atoms in total.